The normalized spacial score (nSPS) is 18.1. The van der Waals surface area contributed by atoms with Gasteiger partial charge in [-0.3, -0.25) is 14.9 Å². The van der Waals surface area contributed by atoms with Gasteiger partial charge in [0.25, 0.3) is 5.69 Å². The predicted octanol–water partition coefficient (Wildman–Crippen LogP) is 2.89. The number of carbonyl (C=O) groups excluding carboxylic acids is 2. The monoisotopic (exact) mass is 416 g/mol. The van der Waals surface area contributed by atoms with E-state index in [9.17, 15) is 24.1 Å². The lowest BCUT2D eigenvalue weighted by Gasteiger charge is -2.22. The number of nitro groups is 1. The van der Waals surface area contributed by atoms with E-state index in [0.717, 1.165) is 5.56 Å². The minimum atomic E-state index is -0.809. The number of carbonyl (C=O) groups is 2. The lowest BCUT2D eigenvalue weighted by atomic mass is 10.1. The highest BCUT2D eigenvalue weighted by Crippen LogP contribution is 2.26. The number of rotatable bonds is 7. The summed E-state index contributed by atoms with van der Waals surface area (Å²) in [7, 11) is 1.24. The number of methoxy groups -OCH3 is 1. The van der Waals surface area contributed by atoms with Crippen LogP contribution in [0.25, 0.3) is 0 Å². The Bertz CT molecular complexity index is 933. The number of hydrogen-bond acceptors (Lipinski definition) is 6. The smallest absolute Gasteiger partial charge is 0.328 e. The highest BCUT2D eigenvalue weighted by molar-refractivity contribution is 5.85. The molecule has 1 heterocycles. The van der Waals surface area contributed by atoms with Crippen molar-refractivity contribution in [1.29, 1.82) is 0 Å². The topological polar surface area (TPSA) is 99.0 Å². The van der Waals surface area contributed by atoms with Crippen LogP contribution in [-0.4, -0.2) is 47.5 Å². The SMILES string of the molecule is COC(=O)C1CC(Oc2ccccc2F)CN1C(=O)CCc1ccc([N+](=O)[O-])cc1. The van der Waals surface area contributed by atoms with Crippen LogP contribution in [0.3, 0.4) is 0 Å². The number of likely N-dealkylation sites (tertiary alicyclic amines) is 1. The summed E-state index contributed by atoms with van der Waals surface area (Å²) in [6.45, 7) is 0.132. The molecular weight excluding hydrogens is 395 g/mol. The van der Waals surface area contributed by atoms with Crippen LogP contribution >= 0.6 is 0 Å². The number of halogens is 1. The van der Waals surface area contributed by atoms with Crippen LogP contribution in [-0.2, 0) is 20.7 Å². The number of non-ortho nitro benzene ring substituents is 1. The first-order chi connectivity index (χ1) is 14.4. The van der Waals surface area contributed by atoms with Crippen molar-refractivity contribution in [1.82, 2.24) is 4.90 Å². The number of amides is 1. The molecule has 2 aromatic carbocycles. The van der Waals surface area contributed by atoms with E-state index in [1.54, 1.807) is 24.3 Å². The molecule has 30 heavy (non-hydrogen) atoms. The van der Waals surface area contributed by atoms with Crippen LogP contribution in [0, 0.1) is 15.9 Å². The first-order valence-electron chi connectivity index (χ1n) is 9.41. The van der Waals surface area contributed by atoms with Gasteiger partial charge < -0.3 is 14.4 Å². The summed E-state index contributed by atoms with van der Waals surface area (Å²) < 4.78 is 24.3. The maximum Gasteiger partial charge on any atom is 0.328 e. The Morgan fingerprint density at radius 2 is 1.90 bits per heavy atom. The van der Waals surface area contributed by atoms with E-state index in [0.29, 0.717) is 6.42 Å². The standard InChI is InChI=1S/C21H21FN2O6/c1-29-21(26)18-12-16(30-19-5-3-2-4-17(19)22)13-23(18)20(25)11-8-14-6-9-15(10-7-14)24(27)28/h2-7,9-10,16,18H,8,11-13H2,1H3. The Balaban J connectivity index is 1.65. The van der Waals surface area contributed by atoms with Gasteiger partial charge >= 0.3 is 5.97 Å². The first-order valence-corrected chi connectivity index (χ1v) is 9.41. The number of esters is 1. The van der Waals surface area contributed by atoms with Crippen LogP contribution < -0.4 is 4.74 Å². The molecule has 0 saturated carbocycles. The van der Waals surface area contributed by atoms with Crippen molar-refractivity contribution in [2.24, 2.45) is 0 Å². The third-order valence-corrected chi connectivity index (χ3v) is 4.96. The number of benzene rings is 2. The molecule has 0 N–H and O–H groups in total. The summed E-state index contributed by atoms with van der Waals surface area (Å²) in [4.78, 5) is 36.6. The van der Waals surface area contributed by atoms with Gasteiger partial charge in [-0.2, -0.15) is 0 Å². The van der Waals surface area contributed by atoms with E-state index >= 15 is 0 Å². The molecule has 1 aliphatic rings. The van der Waals surface area contributed by atoms with Gasteiger partial charge in [0.15, 0.2) is 11.6 Å². The first kappa shape index (κ1) is 21.2. The van der Waals surface area contributed by atoms with Gasteiger partial charge in [0.1, 0.15) is 12.1 Å². The van der Waals surface area contributed by atoms with Gasteiger partial charge in [-0.15, -0.1) is 0 Å². The number of aryl methyl sites for hydroxylation is 1. The van der Waals surface area contributed by atoms with Crippen LogP contribution in [0.5, 0.6) is 5.75 Å². The maximum atomic E-state index is 13.9. The average Bonchev–Trinajstić information content (AvgIpc) is 3.17. The molecule has 2 unspecified atom stereocenters. The number of nitro benzene ring substituents is 1. The predicted molar refractivity (Wildman–Crippen MR) is 104 cm³/mol. The van der Waals surface area contributed by atoms with Gasteiger partial charge in [0, 0.05) is 25.0 Å². The fourth-order valence-corrected chi connectivity index (χ4v) is 3.42. The molecule has 1 aliphatic heterocycles. The molecule has 0 spiro atoms. The number of nitrogens with zero attached hydrogens (tertiary/aromatic N) is 2. The molecular formula is C21H21FN2O6. The molecule has 0 aliphatic carbocycles. The second kappa shape index (κ2) is 9.34. The van der Waals surface area contributed by atoms with Crippen molar-refractivity contribution in [3.63, 3.8) is 0 Å². The van der Waals surface area contributed by atoms with Gasteiger partial charge in [-0.25, -0.2) is 9.18 Å². The van der Waals surface area contributed by atoms with Crippen molar-refractivity contribution in [2.45, 2.75) is 31.4 Å². The minimum Gasteiger partial charge on any atom is -0.485 e. The maximum absolute atomic E-state index is 13.9. The Labute approximate surface area is 172 Å². The van der Waals surface area contributed by atoms with Crippen LogP contribution in [0.4, 0.5) is 10.1 Å². The highest BCUT2D eigenvalue weighted by Gasteiger charge is 2.41. The second-order valence-electron chi connectivity index (χ2n) is 6.91. The van der Waals surface area contributed by atoms with Gasteiger partial charge in [0.2, 0.25) is 5.91 Å². The summed E-state index contributed by atoms with van der Waals surface area (Å²) in [5.41, 5.74) is 0.741. The fraction of sp³-hybridized carbons (Fsp3) is 0.333. The quantitative estimate of drug-likeness (QED) is 0.391. The van der Waals surface area contributed by atoms with E-state index in [-0.39, 0.29) is 36.7 Å². The number of hydrogen-bond donors (Lipinski definition) is 0. The molecule has 8 nitrogen and oxygen atoms in total. The molecule has 2 aromatic rings. The van der Waals surface area contributed by atoms with Crippen molar-refractivity contribution in [3.05, 3.63) is 70.0 Å². The summed E-state index contributed by atoms with van der Waals surface area (Å²) in [6, 6.07) is 11.1. The van der Waals surface area contributed by atoms with Crippen molar-refractivity contribution >= 4 is 17.6 Å². The Morgan fingerprint density at radius 3 is 2.53 bits per heavy atom. The molecule has 1 saturated heterocycles. The molecule has 0 bridgehead atoms. The van der Waals surface area contributed by atoms with Gasteiger partial charge in [0.05, 0.1) is 18.6 Å². The Kier molecular flexibility index (Phi) is 6.61. The van der Waals surface area contributed by atoms with E-state index in [1.165, 1.54) is 36.3 Å². The Hall–Kier alpha value is -3.49. The fourth-order valence-electron chi connectivity index (χ4n) is 3.42. The van der Waals surface area contributed by atoms with E-state index in [2.05, 4.69) is 0 Å². The van der Waals surface area contributed by atoms with Gasteiger partial charge in [-0.1, -0.05) is 24.3 Å². The molecule has 1 fully saturated rings. The summed E-state index contributed by atoms with van der Waals surface area (Å²) in [5, 5.41) is 10.7. The van der Waals surface area contributed by atoms with Crippen molar-refractivity contribution in [3.8, 4) is 5.75 Å². The van der Waals surface area contributed by atoms with Crippen LogP contribution in [0.1, 0.15) is 18.4 Å². The molecule has 2 atom stereocenters. The highest BCUT2D eigenvalue weighted by atomic mass is 19.1. The minimum absolute atomic E-state index is 0.0245. The van der Waals surface area contributed by atoms with Crippen molar-refractivity contribution < 1.29 is 28.4 Å². The van der Waals surface area contributed by atoms with E-state index in [1.807, 2.05) is 0 Å². The zero-order chi connectivity index (χ0) is 21.7. The second-order valence-corrected chi connectivity index (χ2v) is 6.91. The number of ether oxygens (including phenoxy) is 2. The summed E-state index contributed by atoms with van der Waals surface area (Å²) >= 11 is 0. The summed E-state index contributed by atoms with van der Waals surface area (Å²) in [6.07, 6.45) is 0.122. The van der Waals surface area contributed by atoms with Gasteiger partial charge in [-0.05, 0) is 24.1 Å². The molecule has 1 amide bonds. The van der Waals surface area contributed by atoms with Crippen molar-refractivity contribution in [2.75, 3.05) is 13.7 Å². The third-order valence-electron chi connectivity index (χ3n) is 4.96. The Morgan fingerprint density at radius 1 is 1.20 bits per heavy atom. The zero-order valence-corrected chi connectivity index (χ0v) is 16.3. The zero-order valence-electron chi connectivity index (χ0n) is 16.3. The lowest BCUT2D eigenvalue weighted by Crippen LogP contribution is -2.41. The molecule has 0 radical (unpaired) electrons. The lowest BCUT2D eigenvalue weighted by molar-refractivity contribution is -0.384. The number of para-hydroxylation sites is 1. The molecule has 158 valence electrons. The average molecular weight is 416 g/mol. The molecule has 0 aromatic heterocycles. The van der Waals surface area contributed by atoms with Crippen LogP contribution in [0.15, 0.2) is 48.5 Å². The van der Waals surface area contributed by atoms with E-state index < -0.39 is 28.9 Å². The van der Waals surface area contributed by atoms with E-state index in [4.69, 9.17) is 9.47 Å². The third kappa shape index (κ3) is 4.91. The molecule has 3 rings (SSSR count). The molecule has 9 heteroatoms. The summed E-state index contributed by atoms with van der Waals surface area (Å²) in [5.74, 6) is -1.29. The van der Waals surface area contributed by atoms with Crippen LogP contribution in [0.2, 0.25) is 0 Å². The largest absolute Gasteiger partial charge is 0.485 e.